The molecule has 0 aromatic rings. The normalized spacial score (nSPS) is 47.9. The third-order valence-corrected chi connectivity index (χ3v) is 5.12. The predicted octanol–water partition coefficient (Wildman–Crippen LogP) is 1.95. The minimum Gasteiger partial charge on any atom is -0.279 e. The van der Waals surface area contributed by atoms with Crippen LogP contribution in [0.2, 0.25) is 0 Å². The summed E-state index contributed by atoms with van der Waals surface area (Å²) in [6.45, 7) is 3.31. The Hall–Kier alpha value is 0.180. The SMILES string of the molecule is CC1COOP(=O)(OP2(=O)OOCC(C)O2)O1. The maximum absolute atomic E-state index is 11.8. The summed E-state index contributed by atoms with van der Waals surface area (Å²) in [5, 5.41) is 0. The average molecular weight is 290 g/mol. The molecular formula is C6H12O9P2. The van der Waals surface area contributed by atoms with Crippen LogP contribution < -0.4 is 0 Å². The van der Waals surface area contributed by atoms with Crippen molar-refractivity contribution in [1.29, 1.82) is 0 Å². The molecule has 2 heterocycles. The van der Waals surface area contributed by atoms with E-state index in [0.717, 1.165) is 0 Å². The van der Waals surface area contributed by atoms with Crippen LogP contribution in [0.3, 0.4) is 0 Å². The summed E-state index contributed by atoms with van der Waals surface area (Å²) in [6.07, 6.45) is -1.08. The first kappa shape index (κ1) is 13.6. The Kier molecular flexibility index (Phi) is 4.04. The quantitative estimate of drug-likeness (QED) is 0.558. The second-order valence-electron chi connectivity index (χ2n) is 3.53. The summed E-state index contributed by atoms with van der Waals surface area (Å²) in [7, 11) is -8.29. The predicted molar refractivity (Wildman–Crippen MR) is 51.5 cm³/mol. The highest BCUT2D eigenvalue weighted by molar-refractivity contribution is 7.62. The maximum atomic E-state index is 11.8. The third kappa shape index (κ3) is 3.57. The molecule has 2 saturated heterocycles. The molecule has 0 N–H and O–H groups in total. The molecule has 0 aliphatic carbocycles. The summed E-state index contributed by atoms with van der Waals surface area (Å²) >= 11 is 0. The van der Waals surface area contributed by atoms with E-state index in [1.54, 1.807) is 13.8 Å². The summed E-state index contributed by atoms with van der Waals surface area (Å²) in [4.78, 5) is 9.05. The first-order chi connectivity index (χ1) is 7.91. The van der Waals surface area contributed by atoms with E-state index < -0.39 is 27.9 Å². The van der Waals surface area contributed by atoms with Gasteiger partial charge < -0.3 is 0 Å². The Morgan fingerprint density at radius 1 is 0.941 bits per heavy atom. The van der Waals surface area contributed by atoms with Crippen molar-refractivity contribution in [2.75, 3.05) is 13.2 Å². The first-order valence-electron chi connectivity index (χ1n) is 4.81. The molecule has 17 heavy (non-hydrogen) atoms. The van der Waals surface area contributed by atoms with Gasteiger partial charge >= 0.3 is 15.6 Å². The van der Waals surface area contributed by atoms with E-state index in [9.17, 15) is 9.13 Å². The van der Waals surface area contributed by atoms with Crippen LogP contribution in [0.5, 0.6) is 0 Å². The van der Waals surface area contributed by atoms with Gasteiger partial charge in [0.25, 0.3) is 0 Å². The maximum Gasteiger partial charge on any atom is 0.511 e. The van der Waals surface area contributed by atoms with Crippen LogP contribution in [0.25, 0.3) is 0 Å². The highest BCUT2D eigenvalue weighted by Crippen LogP contribution is 2.68. The van der Waals surface area contributed by atoms with Crippen molar-refractivity contribution in [3.63, 3.8) is 0 Å². The lowest BCUT2D eigenvalue weighted by Crippen LogP contribution is -2.24. The standard InChI is InChI=1S/C6H12O9P2/c1-5-3-9-13-16(7,11-5)15-17(8)12-6(2)4-10-14-17/h5-6H,3-4H2,1-2H3. The van der Waals surface area contributed by atoms with E-state index in [-0.39, 0.29) is 13.2 Å². The van der Waals surface area contributed by atoms with Gasteiger partial charge in [-0.3, -0.25) is 9.05 Å². The van der Waals surface area contributed by atoms with Crippen molar-refractivity contribution in [3.8, 4) is 0 Å². The fourth-order valence-electron chi connectivity index (χ4n) is 1.11. The van der Waals surface area contributed by atoms with E-state index >= 15 is 0 Å². The summed E-state index contributed by atoms with van der Waals surface area (Å²) in [6, 6.07) is 0. The molecular weight excluding hydrogens is 278 g/mol. The van der Waals surface area contributed by atoms with Gasteiger partial charge in [0.05, 0.1) is 12.2 Å². The van der Waals surface area contributed by atoms with Gasteiger partial charge in [0, 0.05) is 0 Å². The van der Waals surface area contributed by atoms with E-state index in [1.165, 1.54) is 0 Å². The van der Waals surface area contributed by atoms with Crippen LogP contribution in [0.1, 0.15) is 13.8 Å². The van der Waals surface area contributed by atoms with Gasteiger partial charge in [-0.2, -0.15) is 4.31 Å². The van der Waals surface area contributed by atoms with Gasteiger partial charge in [-0.1, -0.05) is 0 Å². The molecule has 4 unspecified atom stereocenters. The Morgan fingerprint density at radius 3 is 1.71 bits per heavy atom. The first-order valence-corrected chi connectivity index (χ1v) is 7.74. The van der Waals surface area contributed by atoms with Crippen molar-refractivity contribution in [2.45, 2.75) is 26.1 Å². The van der Waals surface area contributed by atoms with E-state index in [2.05, 4.69) is 23.4 Å². The fourth-order valence-corrected chi connectivity index (χ4v) is 4.07. The zero-order valence-electron chi connectivity index (χ0n) is 9.14. The Labute approximate surface area is 97.3 Å². The zero-order chi connectivity index (χ0) is 12.5. The van der Waals surface area contributed by atoms with Gasteiger partial charge in [0.1, 0.15) is 13.2 Å². The second kappa shape index (κ2) is 5.05. The topological polar surface area (TPSA) is 98.8 Å². The Bertz CT molecular complexity index is 336. The van der Waals surface area contributed by atoms with Gasteiger partial charge in [0.15, 0.2) is 0 Å². The molecule has 2 aliphatic heterocycles. The molecule has 11 heteroatoms. The minimum absolute atomic E-state index is 0.0757. The molecule has 0 aromatic carbocycles. The fraction of sp³-hybridized carbons (Fsp3) is 1.00. The van der Waals surface area contributed by atoms with Crippen LogP contribution in [0, 0.1) is 0 Å². The third-order valence-electron chi connectivity index (χ3n) is 1.71. The minimum atomic E-state index is -4.15. The van der Waals surface area contributed by atoms with Crippen LogP contribution in [0.15, 0.2) is 0 Å². The second-order valence-corrected chi connectivity index (χ2v) is 6.69. The van der Waals surface area contributed by atoms with Gasteiger partial charge in [-0.15, -0.1) is 9.35 Å². The smallest absolute Gasteiger partial charge is 0.279 e. The summed E-state index contributed by atoms with van der Waals surface area (Å²) in [5.41, 5.74) is 0. The molecule has 0 amide bonds. The Morgan fingerprint density at radius 2 is 1.35 bits per heavy atom. The van der Waals surface area contributed by atoms with Crippen molar-refractivity contribution >= 4 is 15.6 Å². The molecule has 2 rings (SSSR count). The average Bonchev–Trinajstić information content (AvgIpc) is 2.14. The number of hydrogen-bond donors (Lipinski definition) is 0. The molecule has 0 aromatic heterocycles. The van der Waals surface area contributed by atoms with Gasteiger partial charge in [-0.25, -0.2) is 18.9 Å². The van der Waals surface area contributed by atoms with Gasteiger partial charge in [-0.05, 0) is 13.8 Å². The lowest BCUT2D eigenvalue weighted by Gasteiger charge is -2.29. The number of hydrogen-bond acceptors (Lipinski definition) is 9. The summed E-state index contributed by atoms with van der Waals surface area (Å²) in [5.74, 6) is 0. The molecule has 0 spiro atoms. The molecule has 0 bridgehead atoms. The molecule has 100 valence electrons. The van der Waals surface area contributed by atoms with E-state index in [1.807, 2.05) is 0 Å². The highest BCUT2D eigenvalue weighted by atomic mass is 31.3. The van der Waals surface area contributed by atoms with E-state index in [4.69, 9.17) is 9.05 Å². The lowest BCUT2D eigenvalue weighted by atomic mass is 10.5. The monoisotopic (exact) mass is 290 g/mol. The number of phosphoric acid groups is 2. The molecule has 4 atom stereocenters. The van der Waals surface area contributed by atoms with Crippen LogP contribution in [-0.2, 0) is 41.6 Å². The molecule has 9 nitrogen and oxygen atoms in total. The van der Waals surface area contributed by atoms with Crippen LogP contribution >= 0.6 is 15.6 Å². The lowest BCUT2D eigenvalue weighted by molar-refractivity contribution is -0.277. The van der Waals surface area contributed by atoms with Crippen molar-refractivity contribution in [2.24, 2.45) is 0 Å². The van der Waals surface area contributed by atoms with Crippen LogP contribution in [-0.4, -0.2) is 25.4 Å². The molecule has 0 saturated carbocycles. The zero-order valence-corrected chi connectivity index (χ0v) is 10.9. The van der Waals surface area contributed by atoms with Crippen molar-refractivity contribution < 1.29 is 41.6 Å². The van der Waals surface area contributed by atoms with Gasteiger partial charge in [0.2, 0.25) is 0 Å². The van der Waals surface area contributed by atoms with Crippen molar-refractivity contribution in [1.82, 2.24) is 0 Å². The van der Waals surface area contributed by atoms with E-state index in [0.29, 0.717) is 0 Å². The molecule has 2 aliphatic rings. The largest absolute Gasteiger partial charge is 0.511 e. The molecule has 0 radical (unpaired) electrons. The number of rotatable bonds is 2. The van der Waals surface area contributed by atoms with Crippen molar-refractivity contribution in [3.05, 3.63) is 0 Å². The highest BCUT2D eigenvalue weighted by Gasteiger charge is 2.48. The molecule has 2 fully saturated rings. The summed E-state index contributed by atoms with van der Waals surface area (Å²) < 4.78 is 46.8. The van der Waals surface area contributed by atoms with Crippen LogP contribution in [0.4, 0.5) is 0 Å². The Balaban J connectivity index is 2.04.